The zero-order valence-corrected chi connectivity index (χ0v) is 45.8. The van der Waals surface area contributed by atoms with Crippen molar-refractivity contribution >= 4 is 79.9 Å². The van der Waals surface area contributed by atoms with Crippen LogP contribution in [0, 0.1) is 13.8 Å². The van der Waals surface area contributed by atoms with Gasteiger partial charge in [-0.05, 0) is 74.1 Å². The number of aliphatic carboxylic acids is 1. The largest absolute Gasteiger partial charge is 0.478 e. The van der Waals surface area contributed by atoms with E-state index in [1.807, 2.05) is 126 Å². The first-order chi connectivity index (χ1) is 35.9. The number of aromatic nitrogens is 6. The highest BCUT2D eigenvalue weighted by Gasteiger charge is 2.20. The molecular formula is C52H70N16O5S2. The Morgan fingerprint density at radius 2 is 1.04 bits per heavy atom. The van der Waals surface area contributed by atoms with Crippen molar-refractivity contribution in [3.05, 3.63) is 121 Å². The molecule has 75 heavy (non-hydrogen) atoms. The number of nitrogens with one attached hydrogen (secondary N) is 7. The Morgan fingerprint density at radius 1 is 0.613 bits per heavy atom. The van der Waals surface area contributed by atoms with Gasteiger partial charge in [-0.1, -0.05) is 95.5 Å². The van der Waals surface area contributed by atoms with E-state index in [4.69, 9.17) is 5.11 Å². The summed E-state index contributed by atoms with van der Waals surface area (Å²) < 4.78 is 0. The topological polar surface area (TPSA) is 260 Å². The molecule has 0 saturated carbocycles. The summed E-state index contributed by atoms with van der Waals surface area (Å²) in [6.45, 7) is 10.4. The normalized spacial score (nSPS) is 11.7. The molecule has 23 heteroatoms. The van der Waals surface area contributed by atoms with Gasteiger partial charge in [0.2, 0.25) is 17.7 Å². The molecule has 400 valence electrons. The number of benzene rings is 2. The highest BCUT2D eigenvalue weighted by molar-refractivity contribution is 7.19. The quantitative estimate of drug-likeness (QED) is 0.0251. The number of carbonyl (C=O) groups excluding carboxylic acids is 3. The molecule has 0 bridgehead atoms. The standard InChI is InChI=1S/C26H34N8O2S.C20H25N7OS.C6H11NO2/c1-18(34(5)24(35)12-9-15-33(3)4)25(36)28-14-13-27-22-16-23(31-19(2)30-22)32-26-29-17-21(37-26)20-10-7-6-8-11-20;1-13(21-3)19(28)23-10-9-22-17-11-18(26-14(2)25-17)27-20-24-12-16(29-20)15-7-5-4-6-8-15;1-7(2)5-3-4-6(8)9/h6-12,16-18H,13-15H2,1-5H3,(H,28,36)(H2,27,29,30,31,32);4-8,11-13,21H,9-10H2,1-3H3,(H,23,28)(H2,22,24,25,26,27);3-4H,5H2,1-2H3,(H,8,9)/b12-9+;;4-3+/t18-;13-;/m00./s1. The van der Waals surface area contributed by atoms with Gasteiger partial charge < -0.3 is 57.0 Å². The molecule has 21 nitrogen and oxygen atoms in total. The Morgan fingerprint density at radius 3 is 1.47 bits per heavy atom. The minimum Gasteiger partial charge on any atom is -0.478 e. The van der Waals surface area contributed by atoms with Gasteiger partial charge in [0.1, 0.15) is 41.0 Å². The Hall–Kier alpha value is -7.70. The maximum absolute atomic E-state index is 12.5. The molecule has 6 rings (SSSR count). The molecule has 0 saturated heterocycles. The summed E-state index contributed by atoms with van der Waals surface area (Å²) in [4.78, 5) is 80.4. The molecule has 3 amide bonds. The Kier molecular flexibility index (Phi) is 25.4. The van der Waals surface area contributed by atoms with Crippen LogP contribution in [0.1, 0.15) is 25.5 Å². The van der Waals surface area contributed by atoms with Crippen molar-refractivity contribution in [3.63, 3.8) is 0 Å². The van der Waals surface area contributed by atoms with Crippen LogP contribution in [0.4, 0.5) is 33.5 Å². The van der Waals surface area contributed by atoms with Gasteiger partial charge in [-0.3, -0.25) is 14.4 Å². The lowest BCUT2D eigenvalue weighted by Gasteiger charge is -2.23. The van der Waals surface area contributed by atoms with Gasteiger partial charge in [-0.2, -0.15) is 0 Å². The van der Waals surface area contributed by atoms with E-state index in [2.05, 4.69) is 79.3 Å². The second-order valence-electron chi connectivity index (χ2n) is 17.2. The molecule has 0 aliphatic heterocycles. The van der Waals surface area contributed by atoms with Crippen LogP contribution in [-0.4, -0.2) is 167 Å². The molecule has 0 aliphatic carbocycles. The lowest BCUT2D eigenvalue weighted by molar-refractivity contribution is -0.135. The predicted octanol–water partition coefficient (Wildman–Crippen LogP) is 6.12. The summed E-state index contributed by atoms with van der Waals surface area (Å²) in [5.41, 5.74) is 2.25. The van der Waals surface area contributed by atoms with Crippen LogP contribution in [0.5, 0.6) is 0 Å². The van der Waals surface area contributed by atoms with Gasteiger partial charge in [0.05, 0.1) is 15.8 Å². The molecule has 0 radical (unpaired) electrons. The molecule has 0 aliphatic rings. The number of hydrogen-bond donors (Lipinski definition) is 8. The first-order valence-corrected chi connectivity index (χ1v) is 25.6. The van der Waals surface area contributed by atoms with E-state index in [0.29, 0.717) is 74.2 Å². The van der Waals surface area contributed by atoms with Gasteiger partial charge in [-0.15, -0.1) is 0 Å². The Bertz CT molecular complexity index is 2770. The number of aryl methyl sites for hydroxylation is 2. The summed E-state index contributed by atoms with van der Waals surface area (Å²) >= 11 is 3.11. The van der Waals surface area contributed by atoms with Gasteiger partial charge >= 0.3 is 5.97 Å². The van der Waals surface area contributed by atoms with Gasteiger partial charge in [0.15, 0.2) is 10.3 Å². The zero-order chi connectivity index (χ0) is 54.7. The maximum Gasteiger partial charge on any atom is 0.328 e. The summed E-state index contributed by atoms with van der Waals surface area (Å²) in [6.07, 6.45) is 9.69. The summed E-state index contributed by atoms with van der Waals surface area (Å²) in [6, 6.07) is 23.0. The highest BCUT2D eigenvalue weighted by Crippen LogP contribution is 2.31. The van der Waals surface area contributed by atoms with E-state index in [1.165, 1.54) is 11.0 Å². The van der Waals surface area contributed by atoms with Crippen LogP contribution >= 0.6 is 22.7 Å². The molecular weight excluding hydrogens is 993 g/mol. The van der Waals surface area contributed by atoms with Gasteiger partial charge in [0.25, 0.3) is 0 Å². The van der Waals surface area contributed by atoms with E-state index in [0.717, 1.165) is 37.2 Å². The number of carbonyl (C=O) groups is 4. The van der Waals surface area contributed by atoms with Gasteiger partial charge in [0, 0.05) is 83.0 Å². The molecule has 0 unspecified atom stereocenters. The second kappa shape index (κ2) is 31.8. The zero-order valence-electron chi connectivity index (χ0n) is 44.2. The molecule has 6 aromatic rings. The number of likely N-dealkylation sites (N-methyl/N-ethyl adjacent to an activating group) is 4. The molecule has 2 atom stereocenters. The van der Waals surface area contributed by atoms with Crippen LogP contribution < -0.4 is 37.2 Å². The monoisotopic (exact) mass is 1060 g/mol. The number of thiazole rings is 2. The summed E-state index contributed by atoms with van der Waals surface area (Å²) in [5.74, 6) is 2.51. The number of amides is 3. The average Bonchev–Trinajstić information content (AvgIpc) is 4.06. The lowest BCUT2D eigenvalue weighted by atomic mass is 10.2. The smallest absolute Gasteiger partial charge is 0.328 e. The Labute approximate surface area is 447 Å². The minimum absolute atomic E-state index is 0.0338. The molecule has 8 N–H and O–H groups in total. The first-order valence-electron chi connectivity index (χ1n) is 24.0. The molecule has 0 fully saturated rings. The van der Waals surface area contributed by atoms with Crippen molar-refractivity contribution in [1.29, 1.82) is 0 Å². The molecule has 0 spiro atoms. The Balaban J connectivity index is 0.000000284. The lowest BCUT2D eigenvalue weighted by Crippen LogP contribution is -2.46. The number of nitrogens with zero attached hydrogens (tertiary/aromatic N) is 9. The number of carboxylic acids is 1. The molecule has 4 heterocycles. The SMILES string of the molecule is CN(C)C/C=C/C(=O)O.CN[C@@H](C)C(=O)NCCNc1cc(Nc2ncc(-c3ccccc3)s2)nc(C)n1.Cc1nc(NCCNC(=O)[C@H](C)N(C)C(=O)/C=C/CN(C)C)cc(Nc2ncc(-c3ccccc3)s2)n1. The fourth-order valence-corrected chi connectivity index (χ4v) is 7.85. The van der Waals surface area contributed by atoms with Crippen LogP contribution in [0.15, 0.2) is 109 Å². The first kappa shape index (κ1) is 59.9. The second-order valence-corrected chi connectivity index (χ2v) is 19.2. The van der Waals surface area contributed by atoms with Crippen LogP contribution in [-0.2, 0) is 19.2 Å². The predicted molar refractivity (Wildman–Crippen MR) is 302 cm³/mol. The third kappa shape index (κ3) is 22.5. The van der Waals surface area contributed by atoms with E-state index in [9.17, 15) is 19.2 Å². The van der Waals surface area contributed by atoms with Crippen molar-refractivity contribution in [2.75, 3.05) is 103 Å². The highest BCUT2D eigenvalue weighted by atomic mass is 32.1. The van der Waals surface area contributed by atoms with Crippen molar-refractivity contribution < 1.29 is 24.3 Å². The summed E-state index contributed by atoms with van der Waals surface area (Å²) in [7, 11) is 11.0. The van der Waals surface area contributed by atoms with Crippen LogP contribution in [0.3, 0.4) is 0 Å². The fraction of sp³-hybridized carbons (Fsp3) is 0.346. The minimum atomic E-state index is -0.892. The number of hydrogen-bond acceptors (Lipinski definition) is 19. The number of anilines is 6. The van der Waals surface area contributed by atoms with E-state index >= 15 is 0 Å². The molecule has 4 aromatic heterocycles. The number of rotatable bonds is 24. The van der Waals surface area contributed by atoms with Crippen molar-refractivity contribution in [2.45, 2.75) is 39.8 Å². The number of carboxylic acid groups (broad SMARTS) is 1. The maximum atomic E-state index is 12.5. The molecule has 2 aromatic carbocycles. The van der Waals surface area contributed by atoms with E-state index in [-0.39, 0.29) is 23.8 Å². The third-order valence-electron chi connectivity index (χ3n) is 10.3. The van der Waals surface area contributed by atoms with Crippen molar-refractivity contribution in [1.82, 2.24) is 60.6 Å². The van der Waals surface area contributed by atoms with E-state index < -0.39 is 12.0 Å². The summed E-state index contributed by atoms with van der Waals surface area (Å²) in [5, 5.41) is 31.2. The van der Waals surface area contributed by atoms with Crippen LogP contribution in [0.2, 0.25) is 0 Å². The van der Waals surface area contributed by atoms with E-state index in [1.54, 1.807) is 61.9 Å². The van der Waals surface area contributed by atoms with Crippen LogP contribution in [0.25, 0.3) is 20.9 Å². The van der Waals surface area contributed by atoms with Gasteiger partial charge in [-0.25, -0.2) is 34.7 Å². The third-order valence-corrected chi connectivity index (χ3v) is 12.3. The fourth-order valence-electron chi connectivity index (χ4n) is 6.20. The average molecular weight is 1060 g/mol. The van der Waals surface area contributed by atoms with Crippen molar-refractivity contribution in [2.24, 2.45) is 0 Å². The van der Waals surface area contributed by atoms with Crippen molar-refractivity contribution in [3.8, 4) is 20.9 Å².